The lowest BCUT2D eigenvalue weighted by Crippen LogP contribution is -2.37. The summed E-state index contributed by atoms with van der Waals surface area (Å²) in [5.74, 6) is 0.150. The largest absolute Gasteiger partial charge is 0.298 e. The van der Waals surface area contributed by atoms with E-state index >= 15 is 0 Å². The van der Waals surface area contributed by atoms with E-state index in [4.69, 9.17) is 11.6 Å². The first-order chi connectivity index (χ1) is 9.66. The predicted molar refractivity (Wildman–Crippen MR) is 83.3 cm³/mol. The van der Waals surface area contributed by atoms with Crippen LogP contribution in [0.5, 0.6) is 0 Å². The molecule has 1 atom stereocenters. The quantitative estimate of drug-likeness (QED) is 0.851. The number of carbonyl (C=O) groups is 1. The molecule has 0 amide bonds. The summed E-state index contributed by atoms with van der Waals surface area (Å²) >= 11 is 8.09. The number of hydrogen-bond donors (Lipinski definition) is 0. The van der Waals surface area contributed by atoms with Gasteiger partial charge in [-0.2, -0.15) is 0 Å². The number of rotatable bonds is 3. The summed E-state index contributed by atoms with van der Waals surface area (Å²) in [5.41, 5.74) is 2.26. The van der Waals surface area contributed by atoms with E-state index in [2.05, 4.69) is 16.3 Å². The highest BCUT2D eigenvalue weighted by atomic mass is 35.5. The zero-order valence-electron chi connectivity index (χ0n) is 11.3. The Bertz CT molecular complexity index is 637. The number of benzene rings is 1. The molecule has 0 unspecified atom stereocenters. The minimum atomic E-state index is -0.239. The molecule has 2 nitrogen and oxygen atoms in total. The second-order valence-corrected chi connectivity index (χ2v) is 6.53. The van der Waals surface area contributed by atoms with Gasteiger partial charge in [0.1, 0.15) is 0 Å². The SMILES string of the molecule is CC(=O)[C@@H](c1ccccc1Cl)N1CCc2sccc2C1. The summed E-state index contributed by atoms with van der Waals surface area (Å²) in [7, 11) is 0. The van der Waals surface area contributed by atoms with Gasteiger partial charge in [-0.3, -0.25) is 9.69 Å². The van der Waals surface area contributed by atoms with E-state index in [1.54, 1.807) is 6.92 Å². The van der Waals surface area contributed by atoms with Gasteiger partial charge in [0.2, 0.25) is 0 Å². The summed E-state index contributed by atoms with van der Waals surface area (Å²) in [4.78, 5) is 15.8. The molecule has 0 fully saturated rings. The zero-order chi connectivity index (χ0) is 14.1. The van der Waals surface area contributed by atoms with Gasteiger partial charge < -0.3 is 0 Å². The lowest BCUT2D eigenvalue weighted by atomic mass is 9.98. The van der Waals surface area contributed by atoms with Gasteiger partial charge in [0, 0.05) is 23.0 Å². The fourth-order valence-electron chi connectivity index (χ4n) is 2.86. The van der Waals surface area contributed by atoms with Crippen LogP contribution < -0.4 is 0 Å². The van der Waals surface area contributed by atoms with Gasteiger partial charge in [-0.25, -0.2) is 0 Å². The average Bonchev–Trinajstić information content (AvgIpc) is 2.88. The van der Waals surface area contributed by atoms with Gasteiger partial charge >= 0.3 is 0 Å². The van der Waals surface area contributed by atoms with Crippen molar-refractivity contribution >= 4 is 28.7 Å². The van der Waals surface area contributed by atoms with E-state index in [1.165, 1.54) is 10.4 Å². The van der Waals surface area contributed by atoms with Crippen LogP contribution in [-0.2, 0) is 17.8 Å². The van der Waals surface area contributed by atoms with Crippen LogP contribution >= 0.6 is 22.9 Å². The zero-order valence-corrected chi connectivity index (χ0v) is 12.9. The van der Waals surface area contributed by atoms with Crippen molar-refractivity contribution in [2.24, 2.45) is 0 Å². The molecule has 4 heteroatoms. The molecule has 1 aromatic heterocycles. The van der Waals surface area contributed by atoms with Crippen molar-refractivity contribution in [2.45, 2.75) is 25.9 Å². The maximum absolute atomic E-state index is 12.1. The second kappa shape index (κ2) is 5.68. The number of ketones is 1. The lowest BCUT2D eigenvalue weighted by molar-refractivity contribution is -0.122. The molecule has 2 aromatic rings. The van der Waals surface area contributed by atoms with Crippen LogP contribution in [0.25, 0.3) is 0 Å². The normalized spacial score (nSPS) is 16.7. The standard InChI is InChI=1S/C16H16ClNOS/c1-11(19)16(13-4-2-3-5-14(13)17)18-8-6-15-12(10-18)7-9-20-15/h2-5,7,9,16H,6,8,10H2,1H3/t16-/m0/s1. The highest BCUT2D eigenvalue weighted by Crippen LogP contribution is 2.33. The number of hydrogen-bond acceptors (Lipinski definition) is 3. The van der Waals surface area contributed by atoms with Crippen LogP contribution in [0.4, 0.5) is 0 Å². The number of fused-ring (bicyclic) bond motifs is 1. The Morgan fingerprint density at radius 1 is 1.35 bits per heavy atom. The minimum Gasteiger partial charge on any atom is -0.298 e. The Kier molecular flexibility index (Phi) is 3.92. The maximum Gasteiger partial charge on any atom is 0.151 e. The predicted octanol–water partition coefficient (Wildman–Crippen LogP) is 4.09. The first-order valence-electron chi connectivity index (χ1n) is 6.71. The van der Waals surface area contributed by atoms with E-state index in [1.807, 2.05) is 35.6 Å². The molecular formula is C16H16ClNOS. The van der Waals surface area contributed by atoms with Crippen molar-refractivity contribution < 1.29 is 4.79 Å². The van der Waals surface area contributed by atoms with Crippen molar-refractivity contribution in [3.05, 3.63) is 56.7 Å². The Labute approximate surface area is 128 Å². The summed E-state index contributed by atoms with van der Waals surface area (Å²) in [5, 5.41) is 2.80. The molecule has 3 rings (SSSR count). The Morgan fingerprint density at radius 3 is 2.90 bits per heavy atom. The summed E-state index contributed by atoms with van der Waals surface area (Å²) in [6, 6.07) is 9.57. The van der Waals surface area contributed by atoms with E-state index < -0.39 is 0 Å². The van der Waals surface area contributed by atoms with E-state index in [0.29, 0.717) is 5.02 Å². The fraction of sp³-hybridized carbons (Fsp3) is 0.312. The first-order valence-corrected chi connectivity index (χ1v) is 7.97. The van der Waals surface area contributed by atoms with Crippen molar-refractivity contribution in [2.75, 3.05) is 6.54 Å². The highest BCUT2D eigenvalue weighted by molar-refractivity contribution is 7.10. The summed E-state index contributed by atoms with van der Waals surface area (Å²) < 4.78 is 0. The van der Waals surface area contributed by atoms with E-state index in [9.17, 15) is 4.79 Å². The van der Waals surface area contributed by atoms with Gasteiger partial charge in [-0.05, 0) is 42.0 Å². The molecule has 0 aliphatic carbocycles. The molecule has 1 aliphatic rings. The van der Waals surface area contributed by atoms with Crippen LogP contribution in [-0.4, -0.2) is 17.2 Å². The Hall–Kier alpha value is -1.16. The van der Waals surface area contributed by atoms with Gasteiger partial charge in [0.15, 0.2) is 5.78 Å². The van der Waals surface area contributed by atoms with Crippen LogP contribution in [0.15, 0.2) is 35.7 Å². The molecule has 0 radical (unpaired) electrons. The summed E-state index contributed by atoms with van der Waals surface area (Å²) in [6.45, 7) is 3.38. The topological polar surface area (TPSA) is 20.3 Å². The monoisotopic (exact) mass is 305 g/mol. The van der Waals surface area contributed by atoms with Gasteiger partial charge in [0.25, 0.3) is 0 Å². The number of carbonyl (C=O) groups excluding carboxylic acids is 1. The molecular weight excluding hydrogens is 290 g/mol. The average molecular weight is 306 g/mol. The molecule has 2 heterocycles. The van der Waals surface area contributed by atoms with Crippen molar-refractivity contribution in [3.63, 3.8) is 0 Å². The number of Topliss-reactive ketones (excluding diaryl/α,β-unsaturated/α-hetero) is 1. The molecule has 0 saturated heterocycles. The van der Waals surface area contributed by atoms with Crippen LogP contribution in [0.2, 0.25) is 5.02 Å². The van der Waals surface area contributed by atoms with Gasteiger partial charge in [-0.15, -0.1) is 11.3 Å². The lowest BCUT2D eigenvalue weighted by Gasteiger charge is -2.33. The summed E-state index contributed by atoms with van der Waals surface area (Å²) in [6.07, 6.45) is 1.02. The van der Waals surface area contributed by atoms with E-state index in [-0.39, 0.29) is 11.8 Å². The molecule has 0 spiro atoms. The molecule has 20 heavy (non-hydrogen) atoms. The smallest absolute Gasteiger partial charge is 0.151 e. The van der Waals surface area contributed by atoms with Crippen molar-refractivity contribution in [1.29, 1.82) is 0 Å². The van der Waals surface area contributed by atoms with Crippen LogP contribution in [0.3, 0.4) is 0 Å². The molecule has 1 aromatic carbocycles. The minimum absolute atomic E-state index is 0.150. The first kappa shape index (κ1) is 13.8. The molecule has 0 N–H and O–H groups in total. The molecule has 0 bridgehead atoms. The van der Waals surface area contributed by atoms with E-state index in [0.717, 1.165) is 25.1 Å². The second-order valence-electron chi connectivity index (χ2n) is 5.12. The van der Waals surface area contributed by atoms with Gasteiger partial charge in [0.05, 0.1) is 6.04 Å². The number of halogens is 1. The van der Waals surface area contributed by atoms with Crippen LogP contribution in [0.1, 0.15) is 29.0 Å². The highest BCUT2D eigenvalue weighted by Gasteiger charge is 2.29. The fourth-order valence-corrected chi connectivity index (χ4v) is 3.99. The number of nitrogens with zero attached hydrogens (tertiary/aromatic N) is 1. The molecule has 0 saturated carbocycles. The third-order valence-corrected chi connectivity index (χ3v) is 5.15. The van der Waals surface area contributed by atoms with Crippen LogP contribution in [0, 0.1) is 0 Å². The maximum atomic E-state index is 12.1. The third-order valence-electron chi connectivity index (χ3n) is 3.79. The van der Waals surface area contributed by atoms with Crippen molar-refractivity contribution in [3.8, 4) is 0 Å². The third kappa shape index (κ3) is 2.53. The van der Waals surface area contributed by atoms with Crippen molar-refractivity contribution in [1.82, 2.24) is 4.90 Å². The Morgan fingerprint density at radius 2 is 2.15 bits per heavy atom. The molecule has 1 aliphatic heterocycles. The van der Waals surface area contributed by atoms with Gasteiger partial charge in [-0.1, -0.05) is 29.8 Å². The molecule has 104 valence electrons. The Balaban J connectivity index is 1.93. The number of thiophene rings is 1.